The molecule has 0 aliphatic rings. The Hall–Kier alpha value is -1.09. The van der Waals surface area contributed by atoms with Gasteiger partial charge in [-0.3, -0.25) is 0 Å². The van der Waals surface area contributed by atoms with Crippen molar-refractivity contribution in [3.63, 3.8) is 0 Å². The van der Waals surface area contributed by atoms with Crippen molar-refractivity contribution in [2.24, 2.45) is 0 Å². The monoisotopic (exact) mass is 321 g/mol. The van der Waals surface area contributed by atoms with E-state index in [0.717, 1.165) is 0 Å². The fourth-order valence-corrected chi connectivity index (χ4v) is 3.41. The van der Waals surface area contributed by atoms with Gasteiger partial charge in [0.25, 0.3) is 0 Å². The van der Waals surface area contributed by atoms with E-state index in [0.29, 0.717) is 0 Å². The summed E-state index contributed by atoms with van der Waals surface area (Å²) in [5.41, 5.74) is 2.72. The van der Waals surface area contributed by atoms with Crippen LogP contribution in [0.5, 0.6) is 0 Å². The predicted molar refractivity (Wildman–Crippen MR) is 65.2 cm³/mol. The summed E-state index contributed by atoms with van der Waals surface area (Å²) in [6, 6.07) is 21.3. The maximum Gasteiger partial charge on any atom is 0.349 e. The van der Waals surface area contributed by atoms with Crippen LogP contribution in [0.4, 0.5) is 0 Å². The van der Waals surface area contributed by atoms with Crippen molar-refractivity contribution in [3.05, 3.63) is 73.9 Å². The second-order valence-electron chi connectivity index (χ2n) is 3.56. The zero-order valence-electron chi connectivity index (χ0n) is 9.23. The van der Waals surface area contributed by atoms with Crippen LogP contribution in [0.15, 0.2) is 64.7 Å². The topological polar surface area (TPSA) is 0 Å². The highest BCUT2D eigenvalue weighted by Gasteiger charge is 2.08. The largest absolute Gasteiger partial charge is 0.349 e. The Labute approximate surface area is 107 Å². The van der Waals surface area contributed by atoms with Gasteiger partial charge in [0.05, 0.1) is 0 Å². The Bertz CT molecular complexity index is 457. The van der Waals surface area contributed by atoms with Crippen molar-refractivity contribution in [3.8, 4) is 0 Å². The van der Waals surface area contributed by atoms with Gasteiger partial charge in [-0.2, -0.15) is 0 Å². The van der Waals surface area contributed by atoms with Gasteiger partial charge in [0.15, 0.2) is 7.65 Å². The molecular formula is C15H14I+. The molecule has 0 radical (unpaired) electrons. The molecule has 0 spiro atoms. The van der Waals surface area contributed by atoms with Crippen LogP contribution in [0.1, 0.15) is 12.5 Å². The second-order valence-corrected chi connectivity index (χ2v) is 6.05. The van der Waals surface area contributed by atoms with Crippen molar-refractivity contribution >= 4 is 5.57 Å². The Balaban J connectivity index is 2.09. The van der Waals surface area contributed by atoms with Crippen LogP contribution in [-0.4, -0.2) is 0 Å². The van der Waals surface area contributed by atoms with Gasteiger partial charge in [0.1, 0.15) is 0 Å². The zero-order chi connectivity index (χ0) is 11.2. The Kier molecular flexibility index (Phi) is 4.17. The van der Waals surface area contributed by atoms with Gasteiger partial charge < -0.3 is 0 Å². The van der Waals surface area contributed by atoms with Crippen molar-refractivity contribution in [1.29, 1.82) is 0 Å². The molecule has 2 aromatic carbocycles. The molecular weight excluding hydrogens is 307 g/mol. The molecule has 0 fully saturated rings. The Morgan fingerprint density at radius 2 is 1.44 bits per heavy atom. The van der Waals surface area contributed by atoms with Crippen LogP contribution >= 0.6 is 0 Å². The van der Waals surface area contributed by atoms with Crippen LogP contribution in [0.3, 0.4) is 0 Å². The number of allylic oxidation sites excluding steroid dienone is 1. The third kappa shape index (κ3) is 3.20. The smallest absolute Gasteiger partial charge is 0.0622 e. The molecule has 0 nitrogen and oxygen atoms in total. The molecule has 0 saturated heterocycles. The molecule has 0 saturated carbocycles. The van der Waals surface area contributed by atoms with E-state index in [4.69, 9.17) is 0 Å². The molecule has 0 unspecified atom stereocenters. The third-order valence-corrected chi connectivity index (χ3v) is 4.99. The number of halogens is 1. The molecule has 0 amide bonds. The van der Waals surface area contributed by atoms with E-state index in [-0.39, 0.29) is 21.2 Å². The molecule has 0 heterocycles. The minimum absolute atomic E-state index is 0.00134. The molecule has 2 aromatic rings. The first-order valence-electron chi connectivity index (χ1n) is 5.27. The molecule has 80 valence electrons. The third-order valence-electron chi connectivity index (χ3n) is 2.31. The van der Waals surface area contributed by atoms with Crippen LogP contribution in [0, 0.1) is 3.57 Å². The molecule has 0 aromatic heterocycles. The average Bonchev–Trinajstić information content (AvgIpc) is 2.38. The van der Waals surface area contributed by atoms with Crippen LogP contribution in [0.2, 0.25) is 0 Å². The zero-order valence-corrected chi connectivity index (χ0v) is 11.4. The normalized spacial score (nSPS) is 11.4. The van der Waals surface area contributed by atoms with Crippen molar-refractivity contribution in [2.45, 2.75) is 6.92 Å². The van der Waals surface area contributed by atoms with Crippen LogP contribution in [-0.2, 0) is 0 Å². The van der Waals surface area contributed by atoms with Crippen LogP contribution in [0.25, 0.3) is 5.57 Å². The van der Waals surface area contributed by atoms with Gasteiger partial charge in [-0.15, -0.1) is 0 Å². The summed E-state index contributed by atoms with van der Waals surface area (Å²) in [6.07, 6.45) is 0. The van der Waals surface area contributed by atoms with Gasteiger partial charge in [-0.1, -0.05) is 48.5 Å². The number of benzene rings is 2. The minimum atomic E-state index is -0.00134. The van der Waals surface area contributed by atoms with E-state index in [1.807, 2.05) is 0 Å². The average molecular weight is 321 g/mol. The molecule has 0 bridgehead atoms. The first-order valence-corrected chi connectivity index (χ1v) is 7.59. The van der Waals surface area contributed by atoms with Gasteiger partial charge in [-0.05, 0) is 24.6 Å². The lowest BCUT2D eigenvalue weighted by Gasteiger charge is -1.95. The number of rotatable bonds is 3. The number of hydrogen-bond donors (Lipinski definition) is 0. The summed E-state index contributed by atoms with van der Waals surface area (Å²) < 4.78 is 3.86. The lowest BCUT2D eigenvalue weighted by atomic mass is 10.1. The molecule has 1 heteroatoms. The van der Waals surface area contributed by atoms with Crippen LogP contribution < -0.4 is 21.2 Å². The summed E-state index contributed by atoms with van der Waals surface area (Å²) in [5, 5.41) is 0. The lowest BCUT2D eigenvalue weighted by Crippen LogP contribution is -3.59. The molecule has 0 aliphatic heterocycles. The highest BCUT2D eigenvalue weighted by atomic mass is 127. The first-order chi connectivity index (χ1) is 7.86. The molecule has 16 heavy (non-hydrogen) atoms. The Morgan fingerprint density at radius 1 is 0.875 bits per heavy atom. The fourth-order valence-electron chi connectivity index (χ4n) is 1.40. The fraction of sp³-hybridized carbons (Fsp3) is 0.0667. The number of hydrogen-bond acceptors (Lipinski definition) is 0. The quantitative estimate of drug-likeness (QED) is 0.740. The first kappa shape index (κ1) is 11.4. The SMILES string of the molecule is C/C(=C\[I+]c1ccccc1)c1ccccc1. The van der Waals surface area contributed by atoms with Gasteiger partial charge in [0.2, 0.25) is 0 Å². The summed E-state index contributed by atoms with van der Waals surface area (Å²) >= 11 is -0.00134. The lowest BCUT2D eigenvalue weighted by molar-refractivity contribution is -0.556. The summed E-state index contributed by atoms with van der Waals surface area (Å²) in [5.74, 6) is 0. The highest BCUT2D eigenvalue weighted by molar-refractivity contribution is 5.61. The van der Waals surface area contributed by atoms with Gasteiger partial charge in [0, 0.05) is 5.57 Å². The summed E-state index contributed by atoms with van der Waals surface area (Å²) in [6.45, 7) is 2.19. The molecule has 2 rings (SSSR count). The summed E-state index contributed by atoms with van der Waals surface area (Å²) in [4.78, 5) is 0. The van der Waals surface area contributed by atoms with Gasteiger partial charge >= 0.3 is 21.2 Å². The van der Waals surface area contributed by atoms with E-state index in [1.165, 1.54) is 14.7 Å². The highest BCUT2D eigenvalue weighted by Crippen LogP contribution is 2.09. The Morgan fingerprint density at radius 3 is 2.06 bits per heavy atom. The maximum absolute atomic E-state index is 2.39. The second kappa shape index (κ2) is 5.85. The van der Waals surface area contributed by atoms with E-state index in [2.05, 4.69) is 71.7 Å². The van der Waals surface area contributed by atoms with Gasteiger partial charge in [-0.25, -0.2) is 0 Å². The maximum atomic E-state index is 2.39. The van der Waals surface area contributed by atoms with E-state index >= 15 is 0 Å². The van der Waals surface area contributed by atoms with E-state index in [9.17, 15) is 0 Å². The van der Waals surface area contributed by atoms with Crippen molar-refractivity contribution in [2.75, 3.05) is 0 Å². The minimum Gasteiger partial charge on any atom is -0.0622 e. The van der Waals surface area contributed by atoms with E-state index < -0.39 is 0 Å². The van der Waals surface area contributed by atoms with E-state index in [1.54, 1.807) is 0 Å². The van der Waals surface area contributed by atoms with Crippen molar-refractivity contribution < 1.29 is 21.2 Å². The summed E-state index contributed by atoms with van der Waals surface area (Å²) in [7, 11) is 0. The van der Waals surface area contributed by atoms with Crippen molar-refractivity contribution in [1.82, 2.24) is 0 Å². The molecule has 0 aliphatic carbocycles. The predicted octanol–water partition coefficient (Wildman–Crippen LogP) is 1.01. The molecule has 0 N–H and O–H groups in total. The molecule has 0 atom stereocenters. The standard InChI is InChI=1S/C15H14I/c1-13(14-8-4-2-5-9-14)12-16-15-10-6-3-7-11-15/h2-12H,1H3/q+1/b13-12+.